The molecule has 0 bridgehead atoms. The number of nitrogens with zero attached hydrogens (tertiary/aromatic N) is 1. The summed E-state index contributed by atoms with van der Waals surface area (Å²) in [6, 6.07) is 0.0263. The van der Waals surface area contributed by atoms with Crippen LogP contribution in [0.1, 0.15) is 26.2 Å². The van der Waals surface area contributed by atoms with Crippen molar-refractivity contribution in [3.8, 4) is 0 Å². The van der Waals surface area contributed by atoms with Crippen LogP contribution in [0.4, 0.5) is 0 Å². The van der Waals surface area contributed by atoms with Gasteiger partial charge in [0.25, 0.3) is 0 Å². The summed E-state index contributed by atoms with van der Waals surface area (Å²) in [6.45, 7) is 4.81. The third-order valence-electron chi connectivity index (χ3n) is 3.92. The van der Waals surface area contributed by atoms with Crippen molar-refractivity contribution in [1.82, 2.24) is 10.2 Å². The maximum atomic E-state index is 12.2. The number of piperidine rings is 1. The van der Waals surface area contributed by atoms with E-state index in [1.54, 1.807) is 0 Å². The average Bonchev–Trinajstić information content (AvgIpc) is 2.71. The Morgan fingerprint density at radius 1 is 1.44 bits per heavy atom. The Morgan fingerprint density at radius 3 is 2.81 bits per heavy atom. The van der Waals surface area contributed by atoms with Gasteiger partial charge < -0.3 is 15.3 Å². The maximum absolute atomic E-state index is 12.2. The largest absolute Gasteiger partial charge is 0.396 e. The lowest BCUT2D eigenvalue weighted by molar-refractivity contribution is -0.133. The van der Waals surface area contributed by atoms with E-state index in [0.717, 1.165) is 32.5 Å². The number of carbonyl (C=O) groups excluding carboxylic acids is 1. The molecule has 0 aromatic carbocycles. The minimum absolute atomic E-state index is 0.0263. The number of amides is 1. The molecule has 16 heavy (non-hydrogen) atoms. The van der Waals surface area contributed by atoms with Gasteiger partial charge in [-0.2, -0.15) is 0 Å². The lowest BCUT2D eigenvalue weighted by atomic mass is 10.00. The molecule has 0 spiro atoms. The van der Waals surface area contributed by atoms with Crippen molar-refractivity contribution < 1.29 is 9.90 Å². The van der Waals surface area contributed by atoms with E-state index in [1.807, 2.05) is 4.90 Å². The van der Waals surface area contributed by atoms with Crippen LogP contribution in [0.2, 0.25) is 0 Å². The monoisotopic (exact) mass is 226 g/mol. The van der Waals surface area contributed by atoms with Crippen LogP contribution in [-0.2, 0) is 4.79 Å². The molecular weight excluding hydrogens is 204 g/mol. The molecule has 2 heterocycles. The maximum Gasteiger partial charge on any atom is 0.239 e. The summed E-state index contributed by atoms with van der Waals surface area (Å²) in [5.41, 5.74) is 0. The van der Waals surface area contributed by atoms with Gasteiger partial charge in [-0.3, -0.25) is 4.79 Å². The van der Waals surface area contributed by atoms with Crippen molar-refractivity contribution in [3.05, 3.63) is 0 Å². The van der Waals surface area contributed by atoms with E-state index in [4.69, 9.17) is 0 Å². The average molecular weight is 226 g/mol. The second kappa shape index (κ2) is 5.15. The first kappa shape index (κ1) is 11.9. The lowest BCUT2D eigenvalue weighted by Crippen LogP contribution is -2.48. The summed E-state index contributed by atoms with van der Waals surface area (Å²) in [6.07, 6.45) is 3.29. The van der Waals surface area contributed by atoms with Crippen molar-refractivity contribution in [2.45, 2.75) is 32.2 Å². The Hall–Kier alpha value is -0.610. The summed E-state index contributed by atoms with van der Waals surface area (Å²) in [4.78, 5) is 14.1. The molecule has 0 aromatic rings. The molecule has 0 radical (unpaired) electrons. The molecule has 0 saturated carbocycles. The number of hydrogen-bond acceptors (Lipinski definition) is 3. The van der Waals surface area contributed by atoms with Gasteiger partial charge in [-0.25, -0.2) is 0 Å². The van der Waals surface area contributed by atoms with E-state index < -0.39 is 0 Å². The fourth-order valence-corrected chi connectivity index (χ4v) is 2.73. The lowest BCUT2D eigenvalue weighted by Gasteiger charge is -2.27. The van der Waals surface area contributed by atoms with Gasteiger partial charge in [-0.1, -0.05) is 13.3 Å². The number of aliphatic hydroxyl groups is 1. The second-order valence-corrected chi connectivity index (χ2v) is 5.17. The van der Waals surface area contributed by atoms with Crippen molar-refractivity contribution in [2.24, 2.45) is 11.8 Å². The standard InChI is InChI=1S/C12H22N2O2/c1-9-6-14(7-10(9)8-15)12(16)11-4-2-3-5-13-11/h9-11,13,15H,2-8H2,1H3/t9-,10+,11+/m1/s1. The highest BCUT2D eigenvalue weighted by molar-refractivity contribution is 5.82. The SMILES string of the molecule is C[C@@H]1CN(C(=O)[C@@H]2CCCCN2)C[C@H]1CO. The Balaban J connectivity index is 1.90. The Morgan fingerprint density at radius 2 is 2.25 bits per heavy atom. The van der Waals surface area contributed by atoms with Crippen molar-refractivity contribution in [1.29, 1.82) is 0 Å². The van der Waals surface area contributed by atoms with Crippen LogP contribution in [0.25, 0.3) is 0 Å². The molecule has 3 atom stereocenters. The van der Waals surface area contributed by atoms with Gasteiger partial charge in [0.05, 0.1) is 6.04 Å². The number of rotatable bonds is 2. The van der Waals surface area contributed by atoms with Crippen molar-refractivity contribution >= 4 is 5.91 Å². The molecule has 4 nitrogen and oxygen atoms in total. The van der Waals surface area contributed by atoms with Crippen LogP contribution in [-0.4, -0.2) is 48.2 Å². The summed E-state index contributed by atoms with van der Waals surface area (Å²) in [5, 5.41) is 12.5. The molecular formula is C12H22N2O2. The van der Waals surface area contributed by atoms with Crippen LogP contribution in [0.5, 0.6) is 0 Å². The normalized spacial score (nSPS) is 35.4. The highest BCUT2D eigenvalue weighted by atomic mass is 16.3. The van der Waals surface area contributed by atoms with Gasteiger partial charge >= 0.3 is 0 Å². The Bertz CT molecular complexity index is 251. The second-order valence-electron chi connectivity index (χ2n) is 5.17. The van der Waals surface area contributed by atoms with Crippen LogP contribution in [0, 0.1) is 11.8 Å². The van der Waals surface area contributed by atoms with Gasteiger partial charge in [0.1, 0.15) is 0 Å². The molecule has 2 aliphatic heterocycles. The Labute approximate surface area is 97.0 Å². The number of aliphatic hydroxyl groups excluding tert-OH is 1. The minimum Gasteiger partial charge on any atom is -0.396 e. The molecule has 0 aromatic heterocycles. The van der Waals surface area contributed by atoms with E-state index in [9.17, 15) is 9.90 Å². The molecule has 4 heteroatoms. The van der Waals surface area contributed by atoms with Crippen LogP contribution >= 0.6 is 0 Å². The third kappa shape index (κ3) is 2.38. The summed E-state index contributed by atoms with van der Waals surface area (Å²) in [5.74, 6) is 0.938. The van der Waals surface area contributed by atoms with E-state index in [0.29, 0.717) is 5.92 Å². The molecule has 2 rings (SSSR count). The zero-order valence-electron chi connectivity index (χ0n) is 9.98. The minimum atomic E-state index is 0.0263. The first-order chi connectivity index (χ1) is 7.72. The summed E-state index contributed by atoms with van der Waals surface area (Å²) in [7, 11) is 0. The Kier molecular flexibility index (Phi) is 3.82. The zero-order chi connectivity index (χ0) is 11.5. The molecule has 1 amide bonds. The topological polar surface area (TPSA) is 52.6 Å². The molecule has 2 aliphatic rings. The highest BCUT2D eigenvalue weighted by Gasteiger charge is 2.34. The van der Waals surface area contributed by atoms with E-state index >= 15 is 0 Å². The first-order valence-corrected chi connectivity index (χ1v) is 6.35. The van der Waals surface area contributed by atoms with Gasteiger partial charge in [-0.15, -0.1) is 0 Å². The van der Waals surface area contributed by atoms with Crippen molar-refractivity contribution in [2.75, 3.05) is 26.2 Å². The predicted molar refractivity (Wildman–Crippen MR) is 62.0 cm³/mol. The number of hydrogen-bond donors (Lipinski definition) is 2. The number of nitrogens with one attached hydrogen (secondary N) is 1. The molecule has 2 N–H and O–H groups in total. The van der Waals surface area contributed by atoms with Crippen LogP contribution in [0.15, 0.2) is 0 Å². The zero-order valence-corrected chi connectivity index (χ0v) is 9.98. The summed E-state index contributed by atoms with van der Waals surface area (Å²) < 4.78 is 0. The summed E-state index contributed by atoms with van der Waals surface area (Å²) >= 11 is 0. The fraction of sp³-hybridized carbons (Fsp3) is 0.917. The van der Waals surface area contributed by atoms with Gasteiger partial charge in [-0.05, 0) is 25.3 Å². The molecule has 0 unspecified atom stereocenters. The third-order valence-corrected chi connectivity index (χ3v) is 3.92. The number of carbonyl (C=O) groups is 1. The van der Waals surface area contributed by atoms with E-state index in [1.165, 1.54) is 6.42 Å². The smallest absolute Gasteiger partial charge is 0.239 e. The quantitative estimate of drug-likeness (QED) is 0.708. The van der Waals surface area contributed by atoms with E-state index in [2.05, 4.69) is 12.2 Å². The fourth-order valence-electron chi connectivity index (χ4n) is 2.73. The number of likely N-dealkylation sites (tertiary alicyclic amines) is 1. The van der Waals surface area contributed by atoms with E-state index in [-0.39, 0.29) is 24.5 Å². The van der Waals surface area contributed by atoms with Gasteiger partial charge in [0.15, 0.2) is 0 Å². The molecule has 0 aliphatic carbocycles. The van der Waals surface area contributed by atoms with Crippen LogP contribution in [0.3, 0.4) is 0 Å². The van der Waals surface area contributed by atoms with Gasteiger partial charge in [0.2, 0.25) is 5.91 Å². The predicted octanol–water partition coefficient (Wildman–Crippen LogP) is 0.215. The van der Waals surface area contributed by atoms with Crippen molar-refractivity contribution in [3.63, 3.8) is 0 Å². The van der Waals surface area contributed by atoms with Crippen LogP contribution < -0.4 is 5.32 Å². The highest BCUT2D eigenvalue weighted by Crippen LogP contribution is 2.23. The molecule has 2 saturated heterocycles. The first-order valence-electron chi connectivity index (χ1n) is 6.35. The molecule has 92 valence electrons. The van der Waals surface area contributed by atoms with Gasteiger partial charge in [0, 0.05) is 25.6 Å². The molecule has 2 fully saturated rings.